The molecular formula is C17H18N2O3. The summed E-state index contributed by atoms with van der Waals surface area (Å²) in [5.41, 5.74) is 7.20. The summed E-state index contributed by atoms with van der Waals surface area (Å²) in [4.78, 5) is 23.4. The van der Waals surface area contributed by atoms with Gasteiger partial charge in [-0.3, -0.25) is 20.4 Å². The third-order valence-corrected chi connectivity index (χ3v) is 3.22. The number of rotatable bonds is 4. The Balaban J connectivity index is 1.86. The highest BCUT2D eigenvalue weighted by Gasteiger charge is 2.11. The number of carbonyl (C=O) groups is 2. The predicted molar refractivity (Wildman–Crippen MR) is 83.9 cm³/mol. The van der Waals surface area contributed by atoms with E-state index < -0.39 is 11.8 Å². The Morgan fingerprint density at radius 1 is 1.14 bits per heavy atom. The Bertz CT molecular complexity index is 684. The summed E-state index contributed by atoms with van der Waals surface area (Å²) in [5.74, 6) is -0.326. The van der Waals surface area contributed by atoms with Gasteiger partial charge in [-0.25, -0.2) is 0 Å². The zero-order valence-corrected chi connectivity index (χ0v) is 12.6. The van der Waals surface area contributed by atoms with Crippen LogP contribution in [0.3, 0.4) is 0 Å². The summed E-state index contributed by atoms with van der Waals surface area (Å²) in [6.07, 6.45) is 5.45. The van der Waals surface area contributed by atoms with Crippen LogP contribution >= 0.6 is 0 Å². The third kappa shape index (κ3) is 4.09. The first-order valence-corrected chi connectivity index (χ1v) is 7.01. The molecule has 1 heterocycles. The van der Waals surface area contributed by atoms with Crippen molar-refractivity contribution in [3.8, 4) is 0 Å². The average molecular weight is 298 g/mol. The van der Waals surface area contributed by atoms with Crippen LogP contribution in [0.25, 0.3) is 6.08 Å². The van der Waals surface area contributed by atoms with Crippen molar-refractivity contribution in [1.29, 1.82) is 0 Å². The molecule has 2 amide bonds. The predicted octanol–water partition coefficient (Wildman–Crippen LogP) is 2.62. The molecule has 0 saturated heterocycles. The number of hydrogen-bond donors (Lipinski definition) is 2. The lowest BCUT2D eigenvalue weighted by Gasteiger charge is -2.04. The van der Waals surface area contributed by atoms with E-state index in [2.05, 4.69) is 17.8 Å². The Morgan fingerprint density at radius 3 is 2.45 bits per heavy atom. The molecule has 0 aliphatic rings. The fourth-order valence-electron chi connectivity index (χ4n) is 1.88. The van der Waals surface area contributed by atoms with Crippen LogP contribution in [0.15, 0.2) is 47.1 Å². The van der Waals surface area contributed by atoms with E-state index in [1.807, 2.05) is 24.3 Å². The maximum atomic E-state index is 11.8. The van der Waals surface area contributed by atoms with E-state index in [0.29, 0.717) is 11.3 Å². The third-order valence-electron chi connectivity index (χ3n) is 3.22. The Kier molecular flexibility index (Phi) is 5.14. The van der Waals surface area contributed by atoms with E-state index in [0.717, 1.165) is 12.0 Å². The SMILES string of the molecule is CCc1ccc(/C=C/C(=O)NNC(=O)c2ccoc2C)cc1. The van der Waals surface area contributed by atoms with Gasteiger partial charge in [0.2, 0.25) is 0 Å². The van der Waals surface area contributed by atoms with Gasteiger partial charge in [-0.05, 0) is 36.6 Å². The molecule has 0 atom stereocenters. The highest BCUT2D eigenvalue weighted by Crippen LogP contribution is 2.08. The molecule has 5 heteroatoms. The van der Waals surface area contributed by atoms with E-state index >= 15 is 0 Å². The van der Waals surface area contributed by atoms with Gasteiger partial charge in [0.15, 0.2) is 0 Å². The van der Waals surface area contributed by atoms with Crippen LogP contribution in [0.5, 0.6) is 0 Å². The van der Waals surface area contributed by atoms with Crippen LogP contribution in [0, 0.1) is 6.92 Å². The van der Waals surface area contributed by atoms with Gasteiger partial charge in [-0.1, -0.05) is 31.2 Å². The minimum absolute atomic E-state index is 0.388. The van der Waals surface area contributed by atoms with Crippen molar-refractivity contribution in [1.82, 2.24) is 10.9 Å². The summed E-state index contributed by atoms with van der Waals surface area (Å²) in [6, 6.07) is 9.45. The van der Waals surface area contributed by atoms with Crippen LogP contribution < -0.4 is 10.9 Å². The van der Waals surface area contributed by atoms with Crippen LogP contribution in [0.1, 0.15) is 34.2 Å². The molecule has 114 valence electrons. The van der Waals surface area contributed by atoms with Gasteiger partial charge in [-0.15, -0.1) is 0 Å². The lowest BCUT2D eigenvalue weighted by atomic mass is 10.1. The Morgan fingerprint density at radius 2 is 1.86 bits per heavy atom. The summed E-state index contributed by atoms with van der Waals surface area (Å²) >= 11 is 0. The molecule has 0 fully saturated rings. The van der Waals surface area contributed by atoms with Crippen molar-refractivity contribution in [3.05, 3.63) is 65.1 Å². The van der Waals surface area contributed by atoms with Crippen LogP contribution in [-0.4, -0.2) is 11.8 Å². The van der Waals surface area contributed by atoms with Crippen molar-refractivity contribution >= 4 is 17.9 Å². The first-order chi connectivity index (χ1) is 10.6. The quantitative estimate of drug-likeness (QED) is 0.673. The molecule has 1 aromatic carbocycles. The summed E-state index contributed by atoms with van der Waals surface area (Å²) in [5, 5.41) is 0. The minimum Gasteiger partial charge on any atom is -0.469 e. The second kappa shape index (κ2) is 7.26. The molecule has 2 rings (SSSR count). The molecule has 0 aliphatic heterocycles. The van der Waals surface area contributed by atoms with E-state index in [9.17, 15) is 9.59 Å². The van der Waals surface area contributed by atoms with Gasteiger partial charge in [0.1, 0.15) is 5.76 Å². The molecule has 0 bridgehead atoms. The van der Waals surface area contributed by atoms with Gasteiger partial charge in [-0.2, -0.15) is 0 Å². The highest BCUT2D eigenvalue weighted by atomic mass is 16.3. The largest absolute Gasteiger partial charge is 0.469 e. The smallest absolute Gasteiger partial charge is 0.273 e. The molecule has 22 heavy (non-hydrogen) atoms. The number of hydrogen-bond acceptors (Lipinski definition) is 3. The molecule has 5 nitrogen and oxygen atoms in total. The standard InChI is InChI=1S/C17H18N2O3/c1-3-13-4-6-14(7-5-13)8-9-16(20)18-19-17(21)15-10-11-22-12(15)2/h4-11H,3H2,1-2H3,(H,18,20)(H,19,21)/b9-8+. The van der Waals surface area contributed by atoms with Gasteiger partial charge in [0.25, 0.3) is 11.8 Å². The Hall–Kier alpha value is -2.82. The molecule has 1 aromatic heterocycles. The van der Waals surface area contributed by atoms with E-state index in [1.54, 1.807) is 19.1 Å². The van der Waals surface area contributed by atoms with E-state index in [4.69, 9.17) is 4.42 Å². The number of benzene rings is 1. The van der Waals surface area contributed by atoms with Crippen molar-refractivity contribution in [3.63, 3.8) is 0 Å². The van der Waals surface area contributed by atoms with Crippen LogP contribution in [-0.2, 0) is 11.2 Å². The number of carbonyl (C=O) groups excluding carboxylic acids is 2. The molecule has 0 aliphatic carbocycles. The number of aryl methyl sites for hydroxylation is 2. The van der Waals surface area contributed by atoms with Crippen molar-refractivity contribution in [2.75, 3.05) is 0 Å². The topological polar surface area (TPSA) is 71.3 Å². The van der Waals surface area contributed by atoms with Crippen LogP contribution in [0.2, 0.25) is 0 Å². The van der Waals surface area contributed by atoms with Crippen molar-refractivity contribution < 1.29 is 14.0 Å². The molecular weight excluding hydrogens is 280 g/mol. The molecule has 2 N–H and O–H groups in total. The van der Waals surface area contributed by atoms with Crippen molar-refractivity contribution in [2.24, 2.45) is 0 Å². The lowest BCUT2D eigenvalue weighted by Crippen LogP contribution is -2.40. The van der Waals surface area contributed by atoms with E-state index in [1.165, 1.54) is 17.9 Å². The number of nitrogens with one attached hydrogen (secondary N) is 2. The number of furan rings is 1. The first-order valence-electron chi connectivity index (χ1n) is 7.01. The minimum atomic E-state index is -0.416. The summed E-state index contributed by atoms with van der Waals surface area (Å²) < 4.78 is 5.03. The number of amides is 2. The first kappa shape index (κ1) is 15.6. The molecule has 0 spiro atoms. The number of hydrazine groups is 1. The molecule has 0 unspecified atom stereocenters. The monoisotopic (exact) mass is 298 g/mol. The molecule has 2 aromatic rings. The highest BCUT2D eigenvalue weighted by molar-refractivity contribution is 5.98. The van der Waals surface area contributed by atoms with Gasteiger partial charge in [0.05, 0.1) is 11.8 Å². The molecule has 0 radical (unpaired) electrons. The second-order valence-corrected chi connectivity index (χ2v) is 4.76. The second-order valence-electron chi connectivity index (χ2n) is 4.76. The van der Waals surface area contributed by atoms with Gasteiger partial charge >= 0.3 is 0 Å². The van der Waals surface area contributed by atoms with Crippen LogP contribution in [0.4, 0.5) is 0 Å². The summed E-state index contributed by atoms with van der Waals surface area (Å²) in [6.45, 7) is 3.76. The zero-order chi connectivity index (χ0) is 15.9. The lowest BCUT2D eigenvalue weighted by molar-refractivity contribution is -0.117. The fourth-order valence-corrected chi connectivity index (χ4v) is 1.88. The fraction of sp³-hybridized carbons (Fsp3) is 0.176. The summed E-state index contributed by atoms with van der Waals surface area (Å²) in [7, 11) is 0. The maximum absolute atomic E-state index is 11.8. The van der Waals surface area contributed by atoms with Gasteiger partial charge in [0, 0.05) is 6.08 Å². The molecule has 0 saturated carbocycles. The van der Waals surface area contributed by atoms with E-state index in [-0.39, 0.29) is 0 Å². The van der Waals surface area contributed by atoms with Crippen molar-refractivity contribution in [2.45, 2.75) is 20.3 Å². The average Bonchev–Trinajstić information content (AvgIpc) is 2.97. The van der Waals surface area contributed by atoms with Gasteiger partial charge < -0.3 is 4.42 Å². The zero-order valence-electron chi connectivity index (χ0n) is 12.6. The normalized spacial score (nSPS) is 10.6. The maximum Gasteiger partial charge on any atom is 0.273 e. The Labute approximate surface area is 129 Å².